The molecule has 1 fully saturated rings. The first kappa shape index (κ1) is 21.5. The lowest BCUT2D eigenvalue weighted by Crippen LogP contribution is -2.40. The van der Waals surface area contributed by atoms with Gasteiger partial charge >= 0.3 is 5.97 Å². The summed E-state index contributed by atoms with van der Waals surface area (Å²) in [6.45, 7) is 3.73. The lowest BCUT2D eigenvalue weighted by Gasteiger charge is -2.21. The second-order valence-corrected chi connectivity index (χ2v) is 5.88. The van der Waals surface area contributed by atoms with E-state index in [0.717, 1.165) is 12.1 Å². The highest BCUT2D eigenvalue weighted by Gasteiger charge is 2.36. The van der Waals surface area contributed by atoms with Gasteiger partial charge in [0.25, 0.3) is 0 Å². The Labute approximate surface area is 164 Å². The third kappa shape index (κ3) is 5.20. The fraction of sp³-hybridized carbons (Fsp3) is 0.529. The van der Waals surface area contributed by atoms with Crippen molar-refractivity contribution < 1.29 is 18.7 Å². The van der Waals surface area contributed by atoms with Crippen molar-refractivity contribution in [3.63, 3.8) is 0 Å². The van der Waals surface area contributed by atoms with Gasteiger partial charge in [-0.2, -0.15) is 0 Å². The van der Waals surface area contributed by atoms with Gasteiger partial charge in [-0.25, -0.2) is 4.39 Å². The molecular weight excluding hydrogens is 440 g/mol. The van der Waals surface area contributed by atoms with E-state index in [0.29, 0.717) is 19.0 Å². The maximum absolute atomic E-state index is 13.7. The lowest BCUT2D eigenvalue weighted by atomic mass is 9.99. The molecule has 1 aromatic rings. The Balaban J connectivity index is 0.00000312. The third-order valence-electron chi connectivity index (χ3n) is 4.29. The maximum Gasteiger partial charge on any atom is 0.310 e. The van der Waals surface area contributed by atoms with Crippen molar-refractivity contribution in [2.75, 3.05) is 34.4 Å². The smallest absolute Gasteiger partial charge is 0.310 e. The molecule has 25 heavy (non-hydrogen) atoms. The van der Waals surface area contributed by atoms with Crippen LogP contribution in [0.4, 0.5) is 4.39 Å². The second-order valence-electron chi connectivity index (χ2n) is 5.88. The molecule has 140 valence electrons. The van der Waals surface area contributed by atoms with Crippen LogP contribution >= 0.6 is 24.0 Å². The first-order chi connectivity index (χ1) is 11.5. The summed E-state index contributed by atoms with van der Waals surface area (Å²) < 4.78 is 23.5. The van der Waals surface area contributed by atoms with Crippen LogP contribution in [0.5, 0.6) is 5.75 Å². The zero-order valence-corrected chi connectivity index (χ0v) is 17.2. The number of likely N-dealkylation sites (tertiary alicyclic amines) is 1. The highest BCUT2D eigenvalue weighted by molar-refractivity contribution is 14.0. The van der Waals surface area contributed by atoms with Crippen LogP contribution in [0.1, 0.15) is 12.5 Å². The SMILES string of the molecule is CN=C(NCc1ccc(OC)c(F)c1)N1CC(C)C(C(=O)OC)C1.I. The molecule has 0 bridgehead atoms. The van der Waals surface area contributed by atoms with Crippen molar-refractivity contribution in [1.29, 1.82) is 0 Å². The molecule has 0 aliphatic carbocycles. The molecule has 0 spiro atoms. The van der Waals surface area contributed by atoms with Gasteiger partial charge in [-0.1, -0.05) is 13.0 Å². The predicted molar refractivity (Wildman–Crippen MR) is 105 cm³/mol. The van der Waals surface area contributed by atoms with Crippen LogP contribution in [0, 0.1) is 17.7 Å². The molecule has 2 atom stereocenters. The number of esters is 1. The van der Waals surface area contributed by atoms with Gasteiger partial charge in [0.05, 0.1) is 20.1 Å². The molecule has 1 saturated heterocycles. The molecule has 8 heteroatoms. The van der Waals surface area contributed by atoms with Gasteiger partial charge < -0.3 is 19.7 Å². The normalized spacial score (nSPS) is 20.0. The minimum absolute atomic E-state index is 0. The average molecular weight is 465 g/mol. The monoisotopic (exact) mass is 465 g/mol. The Kier molecular flexibility index (Phi) is 8.40. The van der Waals surface area contributed by atoms with E-state index in [1.807, 2.05) is 11.8 Å². The van der Waals surface area contributed by atoms with Crippen LogP contribution < -0.4 is 10.1 Å². The number of benzene rings is 1. The topological polar surface area (TPSA) is 63.2 Å². The number of hydrogen-bond acceptors (Lipinski definition) is 4. The summed E-state index contributed by atoms with van der Waals surface area (Å²) in [6, 6.07) is 4.83. The summed E-state index contributed by atoms with van der Waals surface area (Å²) in [5, 5.41) is 3.21. The second kappa shape index (κ2) is 9.79. The average Bonchev–Trinajstić information content (AvgIpc) is 2.96. The molecule has 1 N–H and O–H groups in total. The number of nitrogens with one attached hydrogen (secondary N) is 1. The molecule has 1 aromatic carbocycles. The van der Waals surface area contributed by atoms with Crippen molar-refractivity contribution in [3.05, 3.63) is 29.6 Å². The number of carbonyl (C=O) groups excluding carboxylic acids is 1. The first-order valence-electron chi connectivity index (χ1n) is 7.86. The Morgan fingerprint density at radius 2 is 2.12 bits per heavy atom. The summed E-state index contributed by atoms with van der Waals surface area (Å²) >= 11 is 0. The maximum atomic E-state index is 13.7. The highest BCUT2D eigenvalue weighted by Crippen LogP contribution is 2.24. The van der Waals surface area contributed by atoms with E-state index in [1.165, 1.54) is 20.3 Å². The number of ether oxygens (including phenoxy) is 2. The molecule has 1 heterocycles. The molecule has 1 aliphatic rings. The molecule has 0 saturated carbocycles. The number of methoxy groups -OCH3 is 2. The van der Waals surface area contributed by atoms with E-state index in [-0.39, 0.29) is 47.5 Å². The predicted octanol–water partition coefficient (Wildman–Crippen LogP) is 2.27. The molecule has 0 aromatic heterocycles. The molecule has 0 amide bonds. The molecular formula is C17H25FIN3O3. The van der Waals surface area contributed by atoms with Gasteiger partial charge in [0.15, 0.2) is 17.5 Å². The number of guanidine groups is 1. The van der Waals surface area contributed by atoms with E-state index < -0.39 is 5.82 Å². The van der Waals surface area contributed by atoms with Crippen LogP contribution in [0.15, 0.2) is 23.2 Å². The minimum atomic E-state index is -0.396. The van der Waals surface area contributed by atoms with E-state index in [9.17, 15) is 9.18 Å². The molecule has 2 unspecified atom stereocenters. The fourth-order valence-corrected chi connectivity index (χ4v) is 2.93. The Bertz CT molecular complexity index is 627. The number of rotatable bonds is 4. The Hall–Kier alpha value is -1.58. The fourth-order valence-electron chi connectivity index (χ4n) is 2.93. The summed E-state index contributed by atoms with van der Waals surface area (Å²) in [5.41, 5.74) is 0.784. The largest absolute Gasteiger partial charge is 0.494 e. The quantitative estimate of drug-likeness (QED) is 0.320. The number of hydrogen-bond donors (Lipinski definition) is 1. The molecule has 1 aliphatic heterocycles. The first-order valence-corrected chi connectivity index (χ1v) is 7.86. The lowest BCUT2D eigenvalue weighted by molar-refractivity contribution is -0.145. The van der Waals surface area contributed by atoms with Gasteiger partial charge in [-0.15, -0.1) is 24.0 Å². The van der Waals surface area contributed by atoms with Crippen molar-refractivity contribution in [3.8, 4) is 5.75 Å². The summed E-state index contributed by atoms with van der Waals surface area (Å²) in [4.78, 5) is 18.1. The van der Waals surface area contributed by atoms with E-state index in [2.05, 4.69) is 10.3 Å². The zero-order valence-electron chi connectivity index (χ0n) is 14.9. The number of carbonyl (C=O) groups is 1. The van der Waals surface area contributed by atoms with Crippen molar-refractivity contribution in [2.24, 2.45) is 16.8 Å². The Morgan fingerprint density at radius 3 is 2.68 bits per heavy atom. The van der Waals surface area contributed by atoms with Gasteiger partial charge in [0, 0.05) is 26.7 Å². The minimum Gasteiger partial charge on any atom is -0.494 e. The molecule has 2 rings (SSSR count). The van der Waals surface area contributed by atoms with Crippen LogP contribution in [-0.4, -0.2) is 51.2 Å². The number of nitrogens with zero attached hydrogens (tertiary/aromatic N) is 2. The van der Waals surface area contributed by atoms with Gasteiger partial charge in [-0.05, 0) is 23.6 Å². The standard InChI is InChI=1S/C17H24FN3O3.HI/c1-11-9-21(10-13(11)16(22)24-4)17(19-2)20-8-12-5-6-15(23-3)14(18)7-12;/h5-7,11,13H,8-10H2,1-4H3,(H,19,20);1H. The van der Waals surface area contributed by atoms with Crippen LogP contribution in [-0.2, 0) is 16.1 Å². The van der Waals surface area contributed by atoms with Crippen LogP contribution in [0.3, 0.4) is 0 Å². The van der Waals surface area contributed by atoms with Gasteiger partial charge in [0.2, 0.25) is 0 Å². The highest BCUT2D eigenvalue weighted by atomic mass is 127. The number of aliphatic imine (C=N–C) groups is 1. The van der Waals surface area contributed by atoms with E-state index >= 15 is 0 Å². The molecule has 6 nitrogen and oxygen atoms in total. The molecule has 0 radical (unpaired) electrons. The summed E-state index contributed by atoms with van der Waals surface area (Å²) in [7, 11) is 4.53. The van der Waals surface area contributed by atoms with E-state index in [1.54, 1.807) is 19.2 Å². The zero-order chi connectivity index (χ0) is 17.7. The number of halogens is 2. The van der Waals surface area contributed by atoms with Crippen LogP contribution in [0.25, 0.3) is 0 Å². The van der Waals surface area contributed by atoms with Crippen LogP contribution in [0.2, 0.25) is 0 Å². The van der Waals surface area contributed by atoms with Crippen molar-refractivity contribution >= 4 is 35.9 Å². The van der Waals surface area contributed by atoms with Gasteiger partial charge in [-0.3, -0.25) is 9.79 Å². The van der Waals surface area contributed by atoms with E-state index in [4.69, 9.17) is 9.47 Å². The third-order valence-corrected chi connectivity index (χ3v) is 4.29. The summed E-state index contributed by atoms with van der Waals surface area (Å²) in [5.74, 6) is 0.341. The Morgan fingerprint density at radius 1 is 1.40 bits per heavy atom. The summed E-state index contributed by atoms with van der Waals surface area (Å²) in [6.07, 6.45) is 0. The van der Waals surface area contributed by atoms with Crippen molar-refractivity contribution in [2.45, 2.75) is 13.5 Å². The van der Waals surface area contributed by atoms with Crippen molar-refractivity contribution in [1.82, 2.24) is 10.2 Å². The van der Waals surface area contributed by atoms with Gasteiger partial charge in [0.1, 0.15) is 0 Å².